The van der Waals surface area contributed by atoms with Gasteiger partial charge < -0.3 is 13.9 Å². The molecule has 0 spiro atoms. The van der Waals surface area contributed by atoms with Crippen molar-refractivity contribution in [1.29, 1.82) is 0 Å². The highest BCUT2D eigenvalue weighted by molar-refractivity contribution is 5.21. The molecule has 0 saturated carbocycles. The largest absolute Gasteiger partial charge is 0.472 e. The van der Waals surface area contributed by atoms with Crippen LogP contribution >= 0.6 is 0 Å². The van der Waals surface area contributed by atoms with E-state index in [0.717, 1.165) is 16.7 Å². The summed E-state index contributed by atoms with van der Waals surface area (Å²) in [7, 11) is 0. The molecule has 0 aliphatic carbocycles. The average molecular weight is 216 g/mol. The molecule has 0 atom stereocenters. The molecule has 1 aromatic heterocycles. The summed E-state index contributed by atoms with van der Waals surface area (Å²) in [6.07, 6.45) is 3.14. The van der Waals surface area contributed by atoms with Crippen LogP contribution in [0.5, 0.6) is 0 Å². The summed E-state index contributed by atoms with van der Waals surface area (Å²) in [4.78, 5) is 0. The maximum Gasteiger partial charge on any atom is 0.184 e. The van der Waals surface area contributed by atoms with Gasteiger partial charge in [-0.05, 0) is 0 Å². The van der Waals surface area contributed by atoms with Gasteiger partial charge >= 0.3 is 0 Å². The number of benzene rings is 1. The highest BCUT2D eigenvalue weighted by atomic mass is 16.7. The molecule has 0 amide bonds. The predicted molar refractivity (Wildman–Crippen MR) is 57.5 cm³/mol. The smallest absolute Gasteiger partial charge is 0.184 e. The molecule has 0 radical (unpaired) electrons. The molecule has 3 heteroatoms. The topological polar surface area (TPSA) is 31.6 Å². The quantitative estimate of drug-likeness (QED) is 0.734. The summed E-state index contributed by atoms with van der Waals surface area (Å²) in [5, 5.41) is 0. The minimum Gasteiger partial charge on any atom is -0.472 e. The molecule has 3 rings (SSSR count). The molecule has 1 aliphatic rings. The van der Waals surface area contributed by atoms with Crippen molar-refractivity contribution >= 4 is 0 Å². The first-order valence-electron chi connectivity index (χ1n) is 5.25. The molecule has 1 aliphatic heterocycles. The van der Waals surface area contributed by atoms with Gasteiger partial charge in [0.1, 0.15) is 0 Å². The molecule has 2 aromatic rings. The van der Waals surface area contributed by atoms with Crippen LogP contribution in [0.15, 0.2) is 47.3 Å². The van der Waals surface area contributed by atoms with Gasteiger partial charge in [0.15, 0.2) is 6.29 Å². The van der Waals surface area contributed by atoms with Crippen molar-refractivity contribution in [1.82, 2.24) is 0 Å². The lowest BCUT2D eigenvalue weighted by Crippen LogP contribution is -2.05. The summed E-state index contributed by atoms with van der Waals surface area (Å²) in [6, 6.07) is 9.95. The molecule has 0 unspecified atom stereocenters. The Kier molecular flexibility index (Phi) is 2.48. The first kappa shape index (κ1) is 9.63. The van der Waals surface area contributed by atoms with Gasteiger partial charge in [0, 0.05) is 16.7 Å². The van der Waals surface area contributed by atoms with Crippen LogP contribution in [0.4, 0.5) is 0 Å². The third-order valence-corrected chi connectivity index (χ3v) is 2.69. The zero-order chi connectivity index (χ0) is 10.8. The Bertz CT molecular complexity index is 439. The number of hydrogen-bond donors (Lipinski definition) is 0. The van der Waals surface area contributed by atoms with Gasteiger partial charge in [-0.2, -0.15) is 0 Å². The van der Waals surface area contributed by atoms with Crippen molar-refractivity contribution in [3.05, 3.63) is 59.5 Å². The second kappa shape index (κ2) is 4.12. The lowest BCUT2D eigenvalue weighted by molar-refractivity contribution is -0.153. The minimum absolute atomic E-state index is 0.284. The Morgan fingerprint density at radius 1 is 0.875 bits per heavy atom. The van der Waals surface area contributed by atoms with Gasteiger partial charge in [-0.15, -0.1) is 0 Å². The minimum atomic E-state index is -0.284. The van der Waals surface area contributed by atoms with Gasteiger partial charge in [-0.3, -0.25) is 0 Å². The van der Waals surface area contributed by atoms with Gasteiger partial charge in [-0.1, -0.05) is 30.3 Å². The van der Waals surface area contributed by atoms with E-state index in [1.165, 1.54) is 0 Å². The van der Waals surface area contributed by atoms with E-state index < -0.39 is 0 Å². The molecule has 0 bridgehead atoms. The van der Waals surface area contributed by atoms with Crippen molar-refractivity contribution in [3.63, 3.8) is 0 Å². The third kappa shape index (κ3) is 1.75. The Hall–Kier alpha value is -1.58. The van der Waals surface area contributed by atoms with Crippen LogP contribution in [0.3, 0.4) is 0 Å². The zero-order valence-electron chi connectivity index (χ0n) is 8.76. The van der Waals surface area contributed by atoms with Crippen LogP contribution in [0.2, 0.25) is 0 Å². The van der Waals surface area contributed by atoms with Crippen LogP contribution < -0.4 is 0 Å². The number of rotatable bonds is 1. The fourth-order valence-electron chi connectivity index (χ4n) is 1.78. The molecule has 3 nitrogen and oxygen atoms in total. The number of furan rings is 1. The molecule has 16 heavy (non-hydrogen) atoms. The number of fused-ring (bicyclic) bond motifs is 1. The van der Waals surface area contributed by atoms with E-state index in [2.05, 4.69) is 0 Å². The second-order valence-electron chi connectivity index (χ2n) is 3.79. The van der Waals surface area contributed by atoms with Crippen molar-refractivity contribution in [2.24, 2.45) is 0 Å². The van der Waals surface area contributed by atoms with Crippen LogP contribution in [0, 0.1) is 0 Å². The lowest BCUT2D eigenvalue weighted by Gasteiger charge is -2.15. The molecular weight excluding hydrogens is 204 g/mol. The van der Waals surface area contributed by atoms with Crippen molar-refractivity contribution in [3.8, 4) is 0 Å². The van der Waals surface area contributed by atoms with E-state index in [-0.39, 0.29) is 6.29 Å². The Morgan fingerprint density at radius 3 is 2.12 bits per heavy atom. The van der Waals surface area contributed by atoms with Gasteiger partial charge in [-0.25, -0.2) is 0 Å². The van der Waals surface area contributed by atoms with E-state index >= 15 is 0 Å². The lowest BCUT2D eigenvalue weighted by atomic mass is 10.2. The number of ether oxygens (including phenoxy) is 2. The zero-order valence-corrected chi connectivity index (χ0v) is 8.76. The molecule has 1 aromatic carbocycles. The monoisotopic (exact) mass is 216 g/mol. The maximum atomic E-state index is 5.69. The third-order valence-electron chi connectivity index (χ3n) is 2.69. The molecule has 0 fully saturated rings. The van der Waals surface area contributed by atoms with Crippen molar-refractivity contribution < 1.29 is 13.9 Å². The van der Waals surface area contributed by atoms with Crippen LogP contribution in [0.1, 0.15) is 23.0 Å². The fraction of sp³-hybridized carbons (Fsp3) is 0.231. The van der Waals surface area contributed by atoms with E-state index in [1.54, 1.807) is 12.5 Å². The predicted octanol–water partition coefficient (Wildman–Crippen LogP) is 3.03. The summed E-state index contributed by atoms with van der Waals surface area (Å²) >= 11 is 0. The highest BCUT2D eigenvalue weighted by Crippen LogP contribution is 2.27. The van der Waals surface area contributed by atoms with E-state index in [1.807, 2.05) is 30.3 Å². The number of hydrogen-bond acceptors (Lipinski definition) is 3. The normalized spacial score (nSPS) is 16.8. The van der Waals surface area contributed by atoms with Crippen LogP contribution in [0.25, 0.3) is 0 Å². The SMILES string of the molecule is c1ccc(C2OCc3cocc3CO2)cc1. The van der Waals surface area contributed by atoms with E-state index in [4.69, 9.17) is 13.9 Å². The molecule has 2 heterocycles. The second-order valence-corrected chi connectivity index (χ2v) is 3.79. The highest BCUT2D eigenvalue weighted by Gasteiger charge is 2.19. The molecule has 0 N–H and O–H groups in total. The maximum absolute atomic E-state index is 5.69. The fourth-order valence-corrected chi connectivity index (χ4v) is 1.78. The van der Waals surface area contributed by atoms with Gasteiger partial charge in [0.05, 0.1) is 25.7 Å². The molecule has 82 valence electrons. The Balaban J connectivity index is 1.80. The van der Waals surface area contributed by atoms with Crippen molar-refractivity contribution in [2.45, 2.75) is 19.5 Å². The first-order chi connectivity index (χ1) is 7.93. The Morgan fingerprint density at radius 2 is 1.50 bits per heavy atom. The summed E-state index contributed by atoms with van der Waals surface area (Å²) in [5.74, 6) is 0. The van der Waals surface area contributed by atoms with Gasteiger partial charge in [0.25, 0.3) is 0 Å². The standard InChI is InChI=1S/C13H12O3/c1-2-4-10(5-3-1)13-15-8-11-6-14-7-12(11)9-16-13/h1-7,13H,8-9H2. The van der Waals surface area contributed by atoms with Crippen LogP contribution in [-0.4, -0.2) is 0 Å². The summed E-state index contributed by atoms with van der Waals surface area (Å²) in [6.45, 7) is 1.07. The molecule has 0 saturated heterocycles. The van der Waals surface area contributed by atoms with Crippen LogP contribution in [-0.2, 0) is 22.7 Å². The molecular formula is C13H12O3. The summed E-state index contributed by atoms with van der Waals surface area (Å²) < 4.78 is 16.5. The van der Waals surface area contributed by atoms with Crippen molar-refractivity contribution in [2.75, 3.05) is 0 Å². The first-order valence-corrected chi connectivity index (χ1v) is 5.25. The summed E-state index contributed by atoms with van der Waals surface area (Å²) in [5.41, 5.74) is 3.18. The average Bonchev–Trinajstić information content (AvgIpc) is 2.70. The van der Waals surface area contributed by atoms with Gasteiger partial charge in [0.2, 0.25) is 0 Å². The van der Waals surface area contributed by atoms with E-state index in [9.17, 15) is 0 Å². The van der Waals surface area contributed by atoms with E-state index in [0.29, 0.717) is 13.2 Å². The Labute approximate surface area is 93.6 Å².